The highest BCUT2D eigenvalue weighted by Crippen LogP contribution is 2.19. The first-order valence-corrected chi connectivity index (χ1v) is 9.66. The number of carbonyl (C=O) groups excluding carboxylic acids is 1. The van der Waals surface area contributed by atoms with Crippen LogP contribution in [0.3, 0.4) is 0 Å². The normalized spacial score (nSPS) is 11.2. The van der Waals surface area contributed by atoms with Crippen LogP contribution in [0, 0.1) is 13.8 Å². The van der Waals surface area contributed by atoms with Crippen molar-refractivity contribution in [3.8, 4) is 0 Å². The van der Waals surface area contributed by atoms with Gasteiger partial charge in [-0.05, 0) is 38.7 Å². The first-order valence-electron chi connectivity index (χ1n) is 8.68. The van der Waals surface area contributed by atoms with Crippen LogP contribution >= 0.6 is 11.8 Å². The Morgan fingerprint density at radius 2 is 2.08 bits per heavy atom. The fourth-order valence-corrected chi connectivity index (χ4v) is 3.24. The molecule has 0 bridgehead atoms. The fraction of sp³-hybridized carbons (Fsp3) is 0.647. The molecule has 2 rings (SSSR count). The number of hydrogen-bond acceptors (Lipinski definition) is 6. The van der Waals surface area contributed by atoms with Gasteiger partial charge in [0.1, 0.15) is 0 Å². The molecular weight excluding hydrogens is 338 g/mol. The number of methoxy groups -OCH3 is 1. The molecule has 0 fully saturated rings. The lowest BCUT2D eigenvalue weighted by Gasteiger charge is -2.09. The zero-order valence-electron chi connectivity index (χ0n) is 15.5. The number of rotatable bonds is 10. The highest BCUT2D eigenvalue weighted by molar-refractivity contribution is 7.99. The molecule has 0 aromatic carbocycles. The van der Waals surface area contributed by atoms with Crippen LogP contribution in [0.2, 0.25) is 0 Å². The quantitative estimate of drug-likeness (QED) is 0.514. The second-order valence-corrected chi connectivity index (χ2v) is 6.90. The molecular formula is C17H27N5O2S. The van der Waals surface area contributed by atoms with Gasteiger partial charge in [0.15, 0.2) is 0 Å². The molecule has 1 amide bonds. The summed E-state index contributed by atoms with van der Waals surface area (Å²) in [7, 11) is 1.65. The van der Waals surface area contributed by atoms with Gasteiger partial charge in [0.25, 0.3) is 5.78 Å². The number of nitrogens with zero attached hydrogens (tertiary/aromatic N) is 4. The molecule has 138 valence electrons. The summed E-state index contributed by atoms with van der Waals surface area (Å²) in [5.74, 6) is 0.868. The van der Waals surface area contributed by atoms with E-state index >= 15 is 0 Å². The Bertz CT molecular complexity index is 717. The summed E-state index contributed by atoms with van der Waals surface area (Å²) in [6.45, 7) is 7.52. The van der Waals surface area contributed by atoms with Crippen molar-refractivity contribution in [1.29, 1.82) is 0 Å². The lowest BCUT2D eigenvalue weighted by atomic mass is 10.1. The Labute approximate surface area is 153 Å². The molecule has 0 saturated heterocycles. The molecule has 1 N–H and O–H groups in total. The average molecular weight is 366 g/mol. The molecule has 7 nitrogen and oxygen atoms in total. The van der Waals surface area contributed by atoms with Crippen LogP contribution in [0.25, 0.3) is 5.78 Å². The van der Waals surface area contributed by atoms with Crippen LogP contribution in [0.4, 0.5) is 0 Å². The second-order valence-electron chi connectivity index (χ2n) is 5.96. The van der Waals surface area contributed by atoms with Crippen LogP contribution in [0.15, 0.2) is 5.16 Å². The monoisotopic (exact) mass is 365 g/mol. The molecule has 2 aromatic rings. The zero-order chi connectivity index (χ0) is 18.2. The number of carbonyl (C=O) groups is 1. The molecule has 0 unspecified atom stereocenters. The molecule has 0 radical (unpaired) electrons. The summed E-state index contributed by atoms with van der Waals surface area (Å²) >= 11 is 1.33. The maximum absolute atomic E-state index is 11.8. The molecule has 8 heteroatoms. The molecule has 0 atom stereocenters. The van der Waals surface area contributed by atoms with Crippen LogP contribution < -0.4 is 5.32 Å². The van der Waals surface area contributed by atoms with E-state index in [1.54, 1.807) is 11.6 Å². The highest BCUT2D eigenvalue weighted by atomic mass is 32.2. The summed E-state index contributed by atoms with van der Waals surface area (Å²) in [6, 6.07) is 0. The predicted molar refractivity (Wildman–Crippen MR) is 99.1 cm³/mol. The Kier molecular flexibility index (Phi) is 7.64. The topological polar surface area (TPSA) is 81.4 Å². The summed E-state index contributed by atoms with van der Waals surface area (Å²) in [5.41, 5.74) is 3.34. The van der Waals surface area contributed by atoms with Crippen molar-refractivity contribution in [2.45, 2.75) is 51.6 Å². The van der Waals surface area contributed by atoms with Crippen molar-refractivity contribution in [2.75, 3.05) is 26.0 Å². The van der Waals surface area contributed by atoms with Gasteiger partial charge in [0, 0.05) is 31.6 Å². The molecule has 2 aromatic heterocycles. The largest absolute Gasteiger partial charge is 0.385 e. The third-order valence-electron chi connectivity index (χ3n) is 3.99. The third-order valence-corrected chi connectivity index (χ3v) is 4.83. The molecule has 0 spiro atoms. The molecule has 2 heterocycles. The maximum Gasteiger partial charge on any atom is 0.253 e. The van der Waals surface area contributed by atoms with E-state index in [4.69, 9.17) is 4.74 Å². The van der Waals surface area contributed by atoms with Crippen LogP contribution in [-0.2, 0) is 16.0 Å². The fourth-order valence-electron chi connectivity index (χ4n) is 2.59. The van der Waals surface area contributed by atoms with Crippen LogP contribution in [-0.4, -0.2) is 51.5 Å². The summed E-state index contributed by atoms with van der Waals surface area (Å²) < 4.78 is 6.74. The standard InChI is InChI=1S/C17H27N5O2S/c1-5-6-8-14-12(2)19-16-20-17(21-22(16)13(14)3)25-11-15(23)18-9-7-10-24-4/h5-11H2,1-4H3,(H,18,23). The van der Waals surface area contributed by atoms with Crippen LogP contribution in [0.5, 0.6) is 0 Å². The SMILES string of the molecule is CCCCc1c(C)nc2nc(SCC(=O)NCCCOC)nn2c1C. The van der Waals surface area contributed by atoms with E-state index in [1.807, 2.05) is 6.92 Å². The molecule has 0 saturated carbocycles. The zero-order valence-corrected chi connectivity index (χ0v) is 16.3. The van der Waals surface area contributed by atoms with Crippen molar-refractivity contribution >= 4 is 23.4 Å². The van der Waals surface area contributed by atoms with Gasteiger partial charge in [0.05, 0.1) is 5.75 Å². The van der Waals surface area contributed by atoms with Gasteiger partial charge in [0.2, 0.25) is 11.1 Å². The van der Waals surface area contributed by atoms with Crippen LogP contribution in [0.1, 0.15) is 43.1 Å². The number of nitrogens with one attached hydrogen (secondary N) is 1. The molecule has 0 aliphatic carbocycles. The smallest absolute Gasteiger partial charge is 0.253 e. The van der Waals surface area contributed by atoms with E-state index in [0.717, 1.165) is 37.1 Å². The minimum atomic E-state index is -0.0237. The highest BCUT2D eigenvalue weighted by Gasteiger charge is 2.14. The van der Waals surface area contributed by atoms with Crippen molar-refractivity contribution in [2.24, 2.45) is 0 Å². The van der Waals surface area contributed by atoms with E-state index in [1.165, 1.54) is 17.3 Å². The average Bonchev–Trinajstić information content (AvgIpc) is 3.00. The lowest BCUT2D eigenvalue weighted by Crippen LogP contribution is -2.26. The van der Waals surface area contributed by atoms with E-state index in [0.29, 0.717) is 29.8 Å². The minimum absolute atomic E-state index is 0.0237. The van der Waals surface area contributed by atoms with Gasteiger partial charge in [-0.3, -0.25) is 4.79 Å². The number of ether oxygens (including phenoxy) is 1. The number of unbranched alkanes of at least 4 members (excludes halogenated alkanes) is 1. The Morgan fingerprint density at radius 1 is 1.28 bits per heavy atom. The Morgan fingerprint density at radius 3 is 2.80 bits per heavy atom. The molecule has 25 heavy (non-hydrogen) atoms. The number of hydrogen-bond donors (Lipinski definition) is 1. The number of thioether (sulfide) groups is 1. The first-order chi connectivity index (χ1) is 12.1. The minimum Gasteiger partial charge on any atom is -0.385 e. The van der Waals surface area contributed by atoms with Gasteiger partial charge in [-0.25, -0.2) is 9.50 Å². The maximum atomic E-state index is 11.8. The number of fused-ring (bicyclic) bond motifs is 1. The summed E-state index contributed by atoms with van der Waals surface area (Å²) in [6.07, 6.45) is 4.09. The Hall–Kier alpha value is -1.67. The molecule has 0 aliphatic rings. The summed E-state index contributed by atoms with van der Waals surface area (Å²) in [4.78, 5) is 20.8. The Balaban J connectivity index is 2.01. The molecule has 0 aliphatic heterocycles. The number of amides is 1. The number of aryl methyl sites for hydroxylation is 2. The third kappa shape index (κ3) is 5.40. The van der Waals surface area contributed by atoms with E-state index < -0.39 is 0 Å². The van der Waals surface area contributed by atoms with Crippen molar-refractivity contribution < 1.29 is 9.53 Å². The van der Waals surface area contributed by atoms with Crippen molar-refractivity contribution in [3.05, 3.63) is 17.0 Å². The van der Waals surface area contributed by atoms with Gasteiger partial charge >= 0.3 is 0 Å². The predicted octanol–water partition coefficient (Wildman–Crippen LogP) is 2.33. The first kappa shape index (κ1) is 19.7. The van der Waals surface area contributed by atoms with Crippen molar-refractivity contribution in [3.63, 3.8) is 0 Å². The summed E-state index contributed by atoms with van der Waals surface area (Å²) in [5, 5.41) is 7.94. The van der Waals surface area contributed by atoms with Gasteiger partial charge in [-0.2, -0.15) is 4.98 Å². The van der Waals surface area contributed by atoms with Gasteiger partial charge < -0.3 is 10.1 Å². The second kappa shape index (κ2) is 9.72. The van der Waals surface area contributed by atoms with Crippen molar-refractivity contribution in [1.82, 2.24) is 24.9 Å². The van der Waals surface area contributed by atoms with E-state index in [9.17, 15) is 4.79 Å². The van der Waals surface area contributed by atoms with E-state index in [2.05, 4.69) is 34.2 Å². The number of aromatic nitrogens is 4. The van der Waals surface area contributed by atoms with E-state index in [-0.39, 0.29) is 5.91 Å². The lowest BCUT2D eigenvalue weighted by molar-refractivity contribution is -0.118. The van der Waals surface area contributed by atoms with Gasteiger partial charge in [-0.15, -0.1) is 5.10 Å². The van der Waals surface area contributed by atoms with Gasteiger partial charge in [-0.1, -0.05) is 25.1 Å².